The largest absolute Gasteiger partial charge is 0.0763 e. The Balaban J connectivity index is 0.000000404. The molecular formula is C15H18. The van der Waals surface area contributed by atoms with E-state index in [4.69, 9.17) is 0 Å². The zero-order chi connectivity index (χ0) is 10.9. The standard InChI is InChI=1S/C13H12.C2H6/c1-13-8-6-10-4-2-3-5-11(7-9-13)12(10)13;1-2/h2-10H,1H3;1-2H3. The van der Waals surface area contributed by atoms with Crippen LogP contribution in [0.2, 0.25) is 0 Å². The summed E-state index contributed by atoms with van der Waals surface area (Å²) in [5.74, 6) is 0.532. The molecule has 3 rings (SSSR count). The Morgan fingerprint density at radius 3 is 2.60 bits per heavy atom. The van der Waals surface area contributed by atoms with Crippen molar-refractivity contribution in [2.24, 2.45) is 11.3 Å². The Bertz CT molecular complexity index is 402. The molecule has 0 radical (unpaired) electrons. The summed E-state index contributed by atoms with van der Waals surface area (Å²) in [5.41, 5.74) is 3.17. The van der Waals surface area contributed by atoms with Crippen LogP contribution in [0.1, 0.15) is 20.8 Å². The summed E-state index contributed by atoms with van der Waals surface area (Å²) in [7, 11) is 0. The molecular weight excluding hydrogens is 180 g/mol. The molecule has 0 heteroatoms. The third-order valence-corrected chi connectivity index (χ3v) is 3.19. The minimum absolute atomic E-state index is 0.207. The Morgan fingerprint density at radius 2 is 1.80 bits per heavy atom. The van der Waals surface area contributed by atoms with E-state index in [0.717, 1.165) is 0 Å². The van der Waals surface area contributed by atoms with E-state index >= 15 is 0 Å². The van der Waals surface area contributed by atoms with Crippen molar-refractivity contribution in [3.63, 3.8) is 0 Å². The molecule has 0 aromatic rings. The lowest BCUT2D eigenvalue weighted by Crippen LogP contribution is -2.09. The molecule has 3 aliphatic carbocycles. The molecule has 0 saturated carbocycles. The van der Waals surface area contributed by atoms with Crippen molar-refractivity contribution in [3.05, 3.63) is 59.8 Å². The lowest BCUT2D eigenvalue weighted by Gasteiger charge is -2.19. The molecule has 15 heavy (non-hydrogen) atoms. The highest BCUT2D eigenvalue weighted by molar-refractivity contribution is 5.57. The molecule has 0 aromatic carbocycles. The molecule has 0 spiro atoms. The van der Waals surface area contributed by atoms with E-state index in [-0.39, 0.29) is 5.41 Å². The molecule has 0 aromatic heterocycles. The zero-order valence-electron chi connectivity index (χ0n) is 9.70. The first-order valence-electron chi connectivity index (χ1n) is 5.78. The van der Waals surface area contributed by atoms with Gasteiger partial charge in [-0.15, -0.1) is 0 Å². The van der Waals surface area contributed by atoms with E-state index < -0.39 is 0 Å². The highest BCUT2D eigenvalue weighted by Gasteiger charge is 2.37. The van der Waals surface area contributed by atoms with E-state index in [2.05, 4.69) is 55.5 Å². The van der Waals surface area contributed by atoms with E-state index in [0.29, 0.717) is 5.92 Å². The number of hydrogen-bond acceptors (Lipinski definition) is 0. The second-order valence-electron chi connectivity index (χ2n) is 4.11. The summed E-state index contributed by atoms with van der Waals surface area (Å²) in [5, 5.41) is 0. The fourth-order valence-electron chi connectivity index (χ4n) is 2.50. The van der Waals surface area contributed by atoms with Crippen LogP contribution in [-0.4, -0.2) is 0 Å². The van der Waals surface area contributed by atoms with Gasteiger partial charge in [-0.3, -0.25) is 0 Å². The van der Waals surface area contributed by atoms with E-state index in [1.807, 2.05) is 13.8 Å². The first kappa shape index (κ1) is 10.2. The molecule has 0 fully saturated rings. The van der Waals surface area contributed by atoms with E-state index in [1.54, 1.807) is 5.57 Å². The van der Waals surface area contributed by atoms with E-state index in [9.17, 15) is 0 Å². The van der Waals surface area contributed by atoms with Crippen LogP contribution < -0.4 is 0 Å². The second kappa shape index (κ2) is 3.69. The number of rotatable bonds is 0. The third kappa shape index (κ3) is 1.45. The van der Waals surface area contributed by atoms with Crippen LogP contribution in [0.3, 0.4) is 0 Å². The Labute approximate surface area is 92.4 Å². The Kier molecular flexibility index (Phi) is 2.52. The van der Waals surface area contributed by atoms with Gasteiger partial charge in [-0.25, -0.2) is 0 Å². The van der Waals surface area contributed by atoms with Crippen LogP contribution in [0.4, 0.5) is 0 Å². The first-order chi connectivity index (χ1) is 7.30. The number of hydrogen-bond donors (Lipinski definition) is 0. The van der Waals surface area contributed by atoms with Gasteiger partial charge in [0.05, 0.1) is 0 Å². The predicted octanol–water partition coefficient (Wildman–Crippen LogP) is 4.20. The maximum absolute atomic E-state index is 2.32. The molecule has 0 heterocycles. The van der Waals surface area contributed by atoms with Gasteiger partial charge in [0.1, 0.15) is 0 Å². The molecule has 2 atom stereocenters. The van der Waals surface area contributed by atoms with Crippen LogP contribution >= 0.6 is 0 Å². The highest BCUT2D eigenvalue weighted by atomic mass is 14.4. The Hall–Kier alpha value is -1.30. The third-order valence-electron chi connectivity index (χ3n) is 3.19. The van der Waals surface area contributed by atoms with E-state index in [1.165, 1.54) is 5.57 Å². The van der Waals surface area contributed by atoms with Crippen molar-refractivity contribution >= 4 is 0 Å². The smallest absolute Gasteiger partial charge is 0.0264 e. The van der Waals surface area contributed by atoms with Gasteiger partial charge in [-0.05, 0) is 18.1 Å². The summed E-state index contributed by atoms with van der Waals surface area (Å²) in [4.78, 5) is 0. The second-order valence-corrected chi connectivity index (χ2v) is 4.11. The summed E-state index contributed by atoms with van der Waals surface area (Å²) in [6.45, 7) is 6.29. The molecule has 78 valence electrons. The average Bonchev–Trinajstić information content (AvgIpc) is 2.65. The molecule has 0 bridgehead atoms. The van der Waals surface area contributed by atoms with Crippen molar-refractivity contribution < 1.29 is 0 Å². The van der Waals surface area contributed by atoms with Crippen molar-refractivity contribution in [1.29, 1.82) is 0 Å². The van der Waals surface area contributed by atoms with Gasteiger partial charge in [-0.2, -0.15) is 0 Å². The van der Waals surface area contributed by atoms with Gasteiger partial charge >= 0.3 is 0 Å². The molecule has 0 N–H and O–H groups in total. The monoisotopic (exact) mass is 198 g/mol. The lowest BCUT2D eigenvalue weighted by molar-refractivity contribution is 0.662. The Morgan fingerprint density at radius 1 is 1.00 bits per heavy atom. The van der Waals surface area contributed by atoms with Crippen LogP contribution in [0.5, 0.6) is 0 Å². The zero-order valence-corrected chi connectivity index (χ0v) is 9.70. The predicted molar refractivity (Wildman–Crippen MR) is 66.5 cm³/mol. The van der Waals surface area contributed by atoms with Gasteiger partial charge < -0.3 is 0 Å². The topological polar surface area (TPSA) is 0 Å². The van der Waals surface area contributed by atoms with Crippen molar-refractivity contribution in [2.75, 3.05) is 0 Å². The number of allylic oxidation sites excluding steroid dienone is 10. The SMILES string of the molecule is CC.CC12C=CC3=C1C(C=CC=C3)C=C2. The van der Waals surface area contributed by atoms with Crippen molar-refractivity contribution in [2.45, 2.75) is 20.8 Å². The van der Waals surface area contributed by atoms with Crippen molar-refractivity contribution in [1.82, 2.24) is 0 Å². The first-order valence-corrected chi connectivity index (χ1v) is 5.78. The molecule has 3 aliphatic rings. The molecule has 0 saturated heterocycles. The van der Waals surface area contributed by atoms with Gasteiger partial charge in [0.2, 0.25) is 0 Å². The normalized spacial score (nSPS) is 33.9. The maximum atomic E-state index is 2.32. The summed E-state index contributed by atoms with van der Waals surface area (Å²) in [6, 6.07) is 0. The highest BCUT2D eigenvalue weighted by Crippen LogP contribution is 2.49. The minimum atomic E-state index is 0.207. The van der Waals surface area contributed by atoms with Crippen LogP contribution in [0.25, 0.3) is 0 Å². The van der Waals surface area contributed by atoms with Crippen LogP contribution in [0, 0.1) is 11.3 Å². The molecule has 0 nitrogen and oxygen atoms in total. The summed E-state index contributed by atoms with van der Waals surface area (Å²) >= 11 is 0. The average molecular weight is 198 g/mol. The quantitative estimate of drug-likeness (QED) is 0.512. The van der Waals surface area contributed by atoms with Gasteiger partial charge in [-0.1, -0.05) is 62.5 Å². The van der Waals surface area contributed by atoms with Crippen molar-refractivity contribution in [3.8, 4) is 0 Å². The fraction of sp³-hybridized carbons (Fsp3) is 0.333. The van der Waals surface area contributed by atoms with Gasteiger partial charge in [0.25, 0.3) is 0 Å². The summed E-state index contributed by atoms with van der Waals surface area (Å²) < 4.78 is 0. The van der Waals surface area contributed by atoms with Gasteiger partial charge in [0.15, 0.2) is 0 Å². The molecule has 2 unspecified atom stereocenters. The summed E-state index contributed by atoms with van der Waals surface area (Å²) in [6.07, 6.45) is 17.9. The lowest BCUT2D eigenvalue weighted by atomic mass is 9.84. The van der Waals surface area contributed by atoms with Crippen LogP contribution in [0.15, 0.2) is 59.8 Å². The molecule has 0 aliphatic heterocycles. The molecule has 0 amide bonds. The maximum Gasteiger partial charge on any atom is 0.0264 e. The fourth-order valence-corrected chi connectivity index (χ4v) is 2.50. The van der Waals surface area contributed by atoms with Crippen LogP contribution in [-0.2, 0) is 0 Å². The van der Waals surface area contributed by atoms with Gasteiger partial charge in [0, 0.05) is 11.3 Å². The minimum Gasteiger partial charge on any atom is -0.0763 e.